The number of benzene rings is 1. The summed E-state index contributed by atoms with van der Waals surface area (Å²) in [5.74, 6) is 2.42. The van der Waals surface area contributed by atoms with Gasteiger partial charge in [0.1, 0.15) is 11.6 Å². The van der Waals surface area contributed by atoms with Gasteiger partial charge in [-0.3, -0.25) is 0 Å². The van der Waals surface area contributed by atoms with Gasteiger partial charge < -0.3 is 20.1 Å². The molecule has 7 heteroatoms. The molecule has 0 unspecified atom stereocenters. The van der Waals surface area contributed by atoms with Gasteiger partial charge in [0.05, 0.1) is 24.4 Å². The van der Waals surface area contributed by atoms with Gasteiger partial charge in [0.15, 0.2) is 5.82 Å². The molecule has 0 radical (unpaired) electrons. The number of pyridine rings is 1. The van der Waals surface area contributed by atoms with E-state index in [-0.39, 0.29) is 6.04 Å². The van der Waals surface area contributed by atoms with Gasteiger partial charge in [-0.15, -0.1) is 5.10 Å². The van der Waals surface area contributed by atoms with Gasteiger partial charge in [0, 0.05) is 35.6 Å². The summed E-state index contributed by atoms with van der Waals surface area (Å²) in [6.45, 7) is 9.03. The van der Waals surface area contributed by atoms with Crippen LogP contribution >= 0.6 is 0 Å². The fourth-order valence-electron chi connectivity index (χ4n) is 3.96. The molecule has 7 nitrogen and oxygen atoms in total. The van der Waals surface area contributed by atoms with Crippen molar-refractivity contribution in [2.45, 2.75) is 39.3 Å². The molecule has 0 spiro atoms. The summed E-state index contributed by atoms with van der Waals surface area (Å²) in [5.41, 5.74) is 2.34. The number of anilines is 2. The molecule has 1 aliphatic heterocycles. The first-order chi connectivity index (χ1) is 13.8. The maximum atomic E-state index is 10.1. The van der Waals surface area contributed by atoms with Crippen molar-refractivity contribution < 1.29 is 9.84 Å². The Labute approximate surface area is 170 Å². The third kappa shape index (κ3) is 3.58. The van der Waals surface area contributed by atoms with Crippen molar-refractivity contribution in [3.8, 4) is 5.75 Å². The van der Waals surface area contributed by atoms with E-state index in [9.17, 15) is 5.11 Å². The Morgan fingerprint density at radius 1 is 1.21 bits per heavy atom. The lowest BCUT2D eigenvalue weighted by molar-refractivity contribution is 0.0305. The first-order valence-corrected chi connectivity index (χ1v) is 9.79. The minimum absolute atomic E-state index is 0.0218. The second-order valence-corrected chi connectivity index (χ2v) is 8.14. The van der Waals surface area contributed by atoms with E-state index in [0.717, 1.165) is 39.2 Å². The summed E-state index contributed by atoms with van der Waals surface area (Å²) in [4.78, 5) is 6.63. The smallest absolute Gasteiger partial charge is 0.157 e. The fraction of sp³-hybridized carbons (Fsp3) is 0.409. The van der Waals surface area contributed by atoms with Crippen LogP contribution in [-0.4, -0.2) is 46.1 Å². The van der Waals surface area contributed by atoms with Crippen LogP contribution in [0.4, 0.5) is 11.6 Å². The molecule has 1 saturated heterocycles. The number of methoxy groups -OCH3 is 1. The summed E-state index contributed by atoms with van der Waals surface area (Å²) in [5, 5.41) is 24.2. The van der Waals surface area contributed by atoms with E-state index in [1.807, 2.05) is 45.2 Å². The Balaban J connectivity index is 1.70. The highest BCUT2D eigenvalue weighted by Crippen LogP contribution is 2.34. The predicted octanol–water partition coefficient (Wildman–Crippen LogP) is 3.39. The molecule has 1 atom stereocenters. The molecule has 1 aliphatic rings. The molecule has 0 bridgehead atoms. The summed E-state index contributed by atoms with van der Waals surface area (Å²) in [7, 11) is 1.69. The minimum Gasteiger partial charge on any atom is -0.496 e. The van der Waals surface area contributed by atoms with Crippen molar-refractivity contribution in [3.63, 3.8) is 0 Å². The Kier molecular flexibility index (Phi) is 4.78. The third-order valence-corrected chi connectivity index (χ3v) is 5.49. The number of nitrogens with one attached hydrogen (secondary N) is 1. The average Bonchev–Trinajstić information content (AvgIpc) is 2.67. The largest absolute Gasteiger partial charge is 0.496 e. The minimum atomic E-state index is -0.652. The zero-order chi connectivity index (χ0) is 20.8. The monoisotopic (exact) mass is 393 g/mol. The third-order valence-electron chi connectivity index (χ3n) is 5.49. The number of para-hydroxylation sites is 1. The van der Waals surface area contributed by atoms with Crippen molar-refractivity contribution in [2.75, 3.05) is 30.4 Å². The van der Waals surface area contributed by atoms with Gasteiger partial charge in [-0.05, 0) is 39.3 Å². The number of rotatable bonds is 5. The second kappa shape index (κ2) is 7.15. The van der Waals surface area contributed by atoms with E-state index in [2.05, 4.69) is 38.4 Å². The summed E-state index contributed by atoms with van der Waals surface area (Å²) < 4.78 is 5.62. The molecule has 0 aliphatic carbocycles. The molecule has 0 amide bonds. The lowest BCUT2D eigenvalue weighted by atomic mass is 9.97. The summed E-state index contributed by atoms with van der Waals surface area (Å²) >= 11 is 0. The van der Waals surface area contributed by atoms with Gasteiger partial charge in [0.25, 0.3) is 0 Å². The molecule has 3 aromatic rings. The van der Waals surface area contributed by atoms with Gasteiger partial charge >= 0.3 is 0 Å². The van der Waals surface area contributed by atoms with Crippen LogP contribution in [0.2, 0.25) is 0 Å². The van der Waals surface area contributed by atoms with Crippen LogP contribution in [0, 0.1) is 13.8 Å². The van der Waals surface area contributed by atoms with E-state index in [1.165, 1.54) is 0 Å². The predicted molar refractivity (Wildman–Crippen MR) is 115 cm³/mol. The standard InChI is InChI=1S/C22H27N5O2/c1-13-7-6-8-16(20(13)29-5)14(2)24-21-17-9-19(27-11-22(4,28)12-27)23-10-18(17)15(3)25-26-21/h6-10,14,28H,11-12H2,1-5H3,(H,24,26)/t14-/m1/s1. The Hall–Kier alpha value is -2.93. The SMILES string of the molecule is COc1c(C)cccc1[C@@H](C)Nc1nnc(C)c2cnc(N3CC(C)(O)C3)cc12. The van der Waals surface area contributed by atoms with Crippen molar-refractivity contribution >= 4 is 22.4 Å². The number of nitrogens with zero attached hydrogens (tertiary/aromatic N) is 4. The topological polar surface area (TPSA) is 83.4 Å². The van der Waals surface area contributed by atoms with Crippen LogP contribution in [0.25, 0.3) is 10.8 Å². The molecule has 4 rings (SSSR count). The second-order valence-electron chi connectivity index (χ2n) is 8.14. The van der Waals surface area contributed by atoms with E-state index < -0.39 is 5.60 Å². The van der Waals surface area contributed by atoms with Crippen molar-refractivity contribution in [1.29, 1.82) is 0 Å². The van der Waals surface area contributed by atoms with Crippen molar-refractivity contribution in [3.05, 3.63) is 47.3 Å². The fourth-order valence-corrected chi connectivity index (χ4v) is 3.96. The highest BCUT2D eigenvalue weighted by atomic mass is 16.5. The number of hydrogen-bond acceptors (Lipinski definition) is 7. The summed E-state index contributed by atoms with van der Waals surface area (Å²) in [6.07, 6.45) is 1.84. The molecule has 2 N–H and O–H groups in total. The van der Waals surface area contributed by atoms with E-state index >= 15 is 0 Å². The Bertz CT molecular complexity index is 1060. The first-order valence-electron chi connectivity index (χ1n) is 9.79. The van der Waals surface area contributed by atoms with Crippen LogP contribution in [0.5, 0.6) is 5.75 Å². The van der Waals surface area contributed by atoms with Gasteiger partial charge in [0.2, 0.25) is 0 Å². The number of aryl methyl sites for hydroxylation is 2. The average molecular weight is 393 g/mol. The number of fused-ring (bicyclic) bond motifs is 1. The van der Waals surface area contributed by atoms with Gasteiger partial charge in [-0.25, -0.2) is 4.98 Å². The van der Waals surface area contributed by atoms with Gasteiger partial charge in [-0.2, -0.15) is 5.10 Å². The Morgan fingerprint density at radius 3 is 2.66 bits per heavy atom. The molecular weight excluding hydrogens is 366 g/mol. The van der Waals surface area contributed by atoms with Crippen LogP contribution < -0.4 is 15.0 Å². The lowest BCUT2D eigenvalue weighted by Gasteiger charge is -2.45. The van der Waals surface area contributed by atoms with Crippen molar-refractivity contribution in [1.82, 2.24) is 15.2 Å². The van der Waals surface area contributed by atoms with Crippen LogP contribution in [0.15, 0.2) is 30.5 Å². The number of hydrogen-bond donors (Lipinski definition) is 2. The number of β-amino-alcohol motifs (C(OH)–C–C–N with tert-alkyl or cyclic N) is 1. The molecule has 152 valence electrons. The maximum absolute atomic E-state index is 10.1. The molecule has 3 heterocycles. The summed E-state index contributed by atoms with van der Waals surface area (Å²) in [6, 6.07) is 8.13. The molecule has 1 aromatic carbocycles. The normalized spacial score (nSPS) is 16.4. The van der Waals surface area contributed by atoms with Crippen molar-refractivity contribution in [2.24, 2.45) is 0 Å². The quantitative estimate of drug-likeness (QED) is 0.687. The molecule has 1 fully saturated rings. The molecule has 29 heavy (non-hydrogen) atoms. The highest BCUT2D eigenvalue weighted by molar-refractivity contribution is 5.94. The van der Waals surface area contributed by atoms with E-state index in [4.69, 9.17) is 4.74 Å². The lowest BCUT2D eigenvalue weighted by Crippen LogP contribution is -2.60. The maximum Gasteiger partial charge on any atom is 0.157 e. The molecular formula is C22H27N5O2. The number of ether oxygens (including phenoxy) is 1. The number of aromatic nitrogens is 3. The number of aliphatic hydroxyl groups is 1. The highest BCUT2D eigenvalue weighted by Gasteiger charge is 2.37. The molecule has 2 aromatic heterocycles. The van der Waals surface area contributed by atoms with Crippen LogP contribution in [0.1, 0.15) is 36.7 Å². The van der Waals surface area contributed by atoms with Crippen LogP contribution in [0.3, 0.4) is 0 Å². The first kappa shape index (κ1) is 19.4. The zero-order valence-corrected chi connectivity index (χ0v) is 17.5. The van der Waals surface area contributed by atoms with Crippen LogP contribution in [-0.2, 0) is 0 Å². The molecule has 0 saturated carbocycles. The van der Waals surface area contributed by atoms with E-state index in [1.54, 1.807) is 7.11 Å². The Morgan fingerprint density at radius 2 is 1.97 bits per heavy atom. The van der Waals surface area contributed by atoms with Gasteiger partial charge in [-0.1, -0.05) is 18.2 Å². The zero-order valence-electron chi connectivity index (χ0n) is 17.5. The van der Waals surface area contributed by atoms with E-state index in [0.29, 0.717) is 18.9 Å².